The van der Waals surface area contributed by atoms with Gasteiger partial charge in [-0.05, 0) is 26.8 Å². The minimum absolute atomic E-state index is 0.331. The second kappa shape index (κ2) is 4.44. The molecule has 0 bridgehead atoms. The van der Waals surface area contributed by atoms with E-state index in [0.29, 0.717) is 31.6 Å². The van der Waals surface area contributed by atoms with Crippen LogP contribution < -0.4 is 0 Å². The Labute approximate surface area is 106 Å². The van der Waals surface area contributed by atoms with Crippen LogP contribution in [0.1, 0.15) is 37.0 Å². The minimum atomic E-state index is -0.505. The van der Waals surface area contributed by atoms with Gasteiger partial charge in [0.15, 0.2) is 6.29 Å². The average molecular weight is 251 g/mol. The number of ether oxygens (including phenoxy) is 1. The number of carbonyl (C=O) groups excluding carboxylic acids is 2. The molecule has 1 aliphatic rings. The topological polar surface area (TPSA) is 64.4 Å². The maximum atomic E-state index is 11.9. The highest BCUT2D eigenvalue weighted by Crippen LogP contribution is 2.16. The van der Waals surface area contributed by atoms with Crippen molar-refractivity contribution in [1.82, 2.24) is 14.7 Å². The monoisotopic (exact) mass is 251 g/mol. The Bertz CT molecular complexity index is 473. The van der Waals surface area contributed by atoms with Gasteiger partial charge in [-0.25, -0.2) is 9.48 Å². The zero-order chi connectivity index (χ0) is 13.3. The number of aldehydes is 1. The molecule has 6 heteroatoms. The molecule has 0 atom stereocenters. The molecule has 0 saturated carbocycles. The van der Waals surface area contributed by atoms with Crippen LogP contribution in [0.15, 0.2) is 6.07 Å². The third-order valence-corrected chi connectivity index (χ3v) is 2.60. The zero-order valence-corrected chi connectivity index (χ0v) is 10.8. The molecular formula is C12H17N3O3. The molecule has 0 saturated heterocycles. The van der Waals surface area contributed by atoms with Crippen LogP contribution in [0.2, 0.25) is 0 Å². The fourth-order valence-corrected chi connectivity index (χ4v) is 1.82. The van der Waals surface area contributed by atoms with E-state index in [9.17, 15) is 9.59 Å². The quantitative estimate of drug-likeness (QED) is 0.708. The van der Waals surface area contributed by atoms with Gasteiger partial charge in [0, 0.05) is 18.7 Å². The Hall–Kier alpha value is -1.85. The number of amides is 1. The van der Waals surface area contributed by atoms with Gasteiger partial charge >= 0.3 is 6.09 Å². The maximum Gasteiger partial charge on any atom is 0.411 e. The van der Waals surface area contributed by atoms with E-state index in [0.717, 1.165) is 5.69 Å². The van der Waals surface area contributed by atoms with Crippen LogP contribution in [0.5, 0.6) is 0 Å². The van der Waals surface area contributed by atoms with Crippen LogP contribution in [0, 0.1) is 0 Å². The zero-order valence-electron chi connectivity index (χ0n) is 10.8. The second-order valence-electron chi connectivity index (χ2n) is 5.31. The van der Waals surface area contributed by atoms with Gasteiger partial charge < -0.3 is 4.74 Å². The largest absolute Gasteiger partial charge is 0.444 e. The van der Waals surface area contributed by atoms with Gasteiger partial charge in [0.1, 0.15) is 18.0 Å². The van der Waals surface area contributed by atoms with Crippen molar-refractivity contribution in [2.75, 3.05) is 6.54 Å². The van der Waals surface area contributed by atoms with E-state index in [1.54, 1.807) is 15.6 Å². The number of nitrogens with zero attached hydrogens (tertiary/aromatic N) is 3. The Balaban J connectivity index is 2.07. The lowest BCUT2D eigenvalue weighted by molar-refractivity contribution is 0.0150. The molecule has 0 aromatic carbocycles. The Kier molecular flexibility index (Phi) is 3.11. The van der Waals surface area contributed by atoms with E-state index in [1.807, 2.05) is 20.8 Å². The standard InChI is InChI=1S/C12H17N3O3/c1-12(2,3)18-11(17)14-5-4-10-6-9(7-16)13-15(10)8-14/h6-7H,4-5,8H2,1-3H3. The van der Waals surface area contributed by atoms with E-state index < -0.39 is 5.60 Å². The summed E-state index contributed by atoms with van der Waals surface area (Å²) in [4.78, 5) is 24.1. The van der Waals surface area contributed by atoms with Crippen molar-refractivity contribution in [2.24, 2.45) is 0 Å². The molecule has 6 nitrogen and oxygen atoms in total. The van der Waals surface area contributed by atoms with Gasteiger partial charge in [-0.2, -0.15) is 5.10 Å². The predicted octanol–water partition coefficient (Wildman–Crippen LogP) is 1.45. The van der Waals surface area contributed by atoms with Crippen LogP contribution in [-0.2, 0) is 17.8 Å². The molecule has 1 aliphatic heterocycles. The van der Waals surface area contributed by atoms with E-state index in [4.69, 9.17) is 4.74 Å². The van der Waals surface area contributed by atoms with Crippen molar-refractivity contribution in [2.45, 2.75) is 39.5 Å². The summed E-state index contributed by atoms with van der Waals surface area (Å²) in [7, 11) is 0. The molecule has 98 valence electrons. The summed E-state index contributed by atoms with van der Waals surface area (Å²) in [6.07, 6.45) is 1.04. The van der Waals surface area contributed by atoms with Crippen LogP contribution in [0.3, 0.4) is 0 Å². The van der Waals surface area contributed by atoms with Gasteiger partial charge in [0.05, 0.1) is 0 Å². The molecule has 0 radical (unpaired) electrons. The van der Waals surface area contributed by atoms with Gasteiger partial charge in [-0.1, -0.05) is 0 Å². The first-order chi connectivity index (χ1) is 8.39. The van der Waals surface area contributed by atoms with E-state index in [2.05, 4.69) is 5.10 Å². The highest BCUT2D eigenvalue weighted by Gasteiger charge is 2.26. The smallest absolute Gasteiger partial charge is 0.411 e. The molecule has 1 aromatic heterocycles. The van der Waals surface area contributed by atoms with Crippen molar-refractivity contribution in [3.05, 3.63) is 17.5 Å². The molecular weight excluding hydrogens is 234 g/mol. The number of hydrogen-bond acceptors (Lipinski definition) is 4. The number of aromatic nitrogens is 2. The lowest BCUT2D eigenvalue weighted by Gasteiger charge is -2.30. The third-order valence-electron chi connectivity index (χ3n) is 2.60. The van der Waals surface area contributed by atoms with Gasteiger partial charge in [-0.15, -0.1) is 0 Å². The third kappa shape index (κ3) is 2.69. The summed E-state index contributed by atoms with van der Waals surface area (Å²) >= 11 is 0. The fraction of sp³-hybridized carbons (Fsp3) is 0.583. The van der Waals surface area contributed by atoms with Crippen molar-refractivity contribution < 1.29 is 14.3 Å². The lowest BCUT2D eigenvalue weighted by atomic mass is 10.2. The van der Waals surface area contributed by atoms with Crippen molar-refractivity contribution in [1.29, 1.82) is 0 Å². The van der Waals surface area contributed by atoms with Gasteiger partial charge in [0.2, 0.25) is 0 Å². The van der Waals surface area contributed by atoms with Crippen LogP contribution >= 0.6 is 0 Å². The minimum Gasteiger partial charge on any atom is -0.444 e. The van der Waals surface area contributed by atoms with Gasteiger partial charge in [-0.3, -0.25) is 9.69 Å². The molecule has 1 amide bonds. The number of fused-ring (bicyclic) bond motifs is 1. The second-order valence-corrected chi connectivity index (χ2v) is 5.31. The summed E-state index contributed by atoms with van der Waals surface area (Å²) in [6, 6.07) is 1.75. The molecule has 1 aromatic rings. The summed E-state index contributed by atoms with van der Waals surface area (Å²) < 4.78 is 6.97. The summed E-state index contributed by atoms with van der Waals surface area (Å²) in [5, 5.41) is 4.10. The summed E-state index contributed by atoms with van der Waals surface area (Å²) in [5.41, 5.74) is 0.864. The molecule has 2 heterocycles. The highest BCUT2D eigenvalue weighted by molar-refractivity contribution is 5.72. The van der Waals surface area contributed by atoms with Crippen molar-refractivity contribution in [3.8, 4) is 0 Å². The molecule has 0 fully saturated rings. The lowest BCUT2D eigenvalue weighted by Crippen LogP contribution is -2.42. The molecule has 0 spiro atoms. The Morgan fingerprint density at radius 2 is 2.22 bits per heavy atom. The number of hydrogen-bond donors (Lipinski definition) is 0. The first-order valence-corrected chi connectivity index (χ1v) is 5.89. The number of rotatable bonds is 1. The van der Waals surface area contributed by atoms with E-state index in [1.165, 1.54) is 0 Å². The average Bonchev–Trinajstić information content (AvgIpc) is 2.68. The fourth-order valence-electron chi connectivity index (χ4n) is 1.82. The Morgan fingerprint density at radius 1 is 1.50 bits per heavy atom. The van der Waals surface area contributed by atoms with E-state index in [-0.39, 0.29) is 6.09 Å². The van der Waals surface area contributed by atoms with E-state index >= 15 is 0 Å². The SMILES string of the molecule is CC(C)(C)OC(=O)N1CCc2cc(C=O)nn2C1. The number of carbonyl (C=O) groups is 2. The summed E-state index contributed by atoms with van der Waals surface area (Å²) in [5.74, 6) is 0. The first-order valence-electron chi connectivity index (χ1n) is 5.89. The Morgan fingerprint density at radius 3 is 2.83 bits per heavy atom. The van der Waals surface area contributed by atoms with Crippen molar-refractivity contribution >= 4 is 12.4 Å². The van der Waals surface area contributed by atoms with Crippen LogP contribution in [0.25, 0.3) is 0 Å². The first kappa shape index (κ1) is 12.6. The molecule has 2 rings (SSSR count). The highest BCUT2D eigenvalue weighted by atomic mass is 16.6. The predicted molar refractivity (Wildman–Crippen MR) is 64.3 cm³/mol. The normalized spacial score (nSPS) is 15.2. The van der Waals surface area contributed by atoms with Crippen molar-refractivity contribution in [3.63, 3.8) is 0 Å². The van der Waals surface area contributed by atoms with Gasteiger partial charge in [0.25, 0.3) is 0 Å². The molecule has 0 N–H and O–H groups in total. The maximum absolute atomic E-state index is 11.9. The van der Waals surface area contributed by atoms with Crippen LogP contribution in [0.4, 0.5) is 4.79 Å². The van der Waals surface area contributed by atoms with Crippen LogP contribution in [-0.4, -0.2) is 39.2 Å². The summed E-state index contributed by atoms with van der Waals surface area (Å²) in [6.45, 7) is 6.41. The molecule has 0 aliphatic carbocycles. The molecule has 0 unspecified atom stereocenters. The molecule has 18 heavy (non-hydrogen) atoms.